The van der Waals surface area contributed by atoms with Crippen LogP contribution in [0.4, 0.5) is 5.69 Å². The molecule has 3 rings (SSSR count). The van der Waals surface area contributed by atoms with E-state index in [4.69, 9.17) is 4.74 Å². The van der Waals surface area contributed by atoms with Crippen LogP contribution in [0.2, 0.25) is 0 Å². The molecule has 1 heterocycles. The van der Waals surface area contributed by atoms with Crippen molar-refractivity contribution < 1.29 is 4.74 Å². The zero-order valence-corrected chi connectivity index (χ0v) is 13.8. The molecule has 0 amide bonds. The van der Waals surface area contributed by atoms with Crippen LogP contribution in [0.15, 0.2) is 53.0 Å². The summed E-state index contributed by atoms with van der Waals surface area (Å²) in [6, 6.07) is 17.2. The van der Waals surface area contributed by atoms with Crippen LogP contribution in [0.1, 0.15) is 24.3 Å². The van der Waals surface area contributed by atoms with Gasteiger partial charge < -0.3 is 9.64 Å². The first-order chi connectivity index (χ1) is 10.3. The Balaban J connectivity index is 1.62. The summed E-state index contributed by atoms with van der Waals surface area (Å²) in [4.78, 5) is 2.48. The Kier molecular flexibility index (Phi) is 4.49. The van der Waals surface area contributed by atoms with E-state index in [1.54, 1.807) is 7.11 Å². The van der Waals surface area contributed by atoms with Gasteiger partial charge in [0.15, 0.2) is 0 Å². The number of benzene rings is 2. The lowest BCUT2D eigenvalue weighted by molar-refractivity contribution is 0.414. The highest BCUT2D eigenvalue weighted by Gasteiger charge is 2.20. The van der Waals surface area contributed by atoms with E-state index in [1.165, 1.54) is 24.1 Å². The third kappa shape index (κ3) is 3.41. The second kappa shape index (κ2) is 6.52. The van der Waals surface area contributed by atoms with E-state index in [-0.39, 0.29) is 0 Å². The van der Waals surface area contributed by atoms with Gasteiger partial charge in [0.1, 0.15) is 5.75 Å². The lowest BCUT2D eigenvalue weighted by Crippen LogP contribution is -2.32. The monoisotopic (exact) mass is 345 g/mol. The molecule has 0 unspecified atom stereocenters. The summed E-state index contributed by atoms with van der Waals surface area (Å²) < 4.78 is 6.37. The predicted molar refractivity (Wildman–Crippen MR) is 91.3 cm³/mol. The fourth-order valence-corrected chi connectivity index (χ4v) is 3.26. The predicted octanol–water partition coefficient (Wildman–Crippen LogP) is 4.84. The molecule has 1 saturated heterocycles. The molecular weight excluding hydrogens is 326 g/mol. The fourth-order valence-electron chi connectivity index (χ4n) is 3.00. The SMILES string of the molecule is COc1ccc(C2CCN(c3ccc(Br)cc3)CC2)cc1. The van der Waals surface area contributed by atoms with Gasteiger partial charge >= 0.3 is 0 Å². The van der Waals surface area contributed by atoms with Crippen molar-refractivity contribution in [2.45, 2.75) is 18.8 Å². The second-order valence-corrected chi connectivity index (χ2v) is 6.43. The average Bonchev–Trinajstić information content (AvgIpc) is 2.56. The molecule has 110 valence electrons. The van der Waals surface area contributed by atoms with Crippen LogP contribution in [0.5, 0.6) is 5.75 Å². The van der Waals surface area contributed by atoms with E-state index in [9.17, 15) is 0 Å². The molecule has 21 heavy (non-hydrogen) atoms. The van der Waals surface area contributed by atoms with Gasteiger partial charge in [-0.15, -0.1) is 0 Å². The van der Waals surface area contributed by atoms with Gasteiger partial charge in [0.2, 0.25) is 0 Å². The van der Waals surface area contributed by atoms with Gasteiger partial charge in [-0.3, -0.25) is 0 Å². The maximum Gasteiger partial charge on any atom is 0.118 e. The van der Waals surface area contributed by atoms with Crippen molar-refractivity contribution in [1.82, 2.24) is 0 Å². The molecule has 1 aliphatic rings. The highest BCUT2D eigenvalue weighted by Crippen LogP contribution is 2.31. The highest BCUT2D eigenvalue weighted by molar-refractivity contribution is 9.10. The molecule has 0 radical (unpaired) electrons. The molecule has 0 saturated carbocycles. The van der Waals surface area contributed by atoms with Crippen molar-refractivity contribution in [1.29, 1.82) is 0 Å². The minimum atomic E-state index is 0.669. The molecule has 0 aliphatic carbocycles. The molecule has 2 aromatic rings. The number of hydrogen-bond donors (Lipinski definition) is 0. The molecule has 1 fully saturated rings. The minimum absolute atomic E-state index is 0.669. The Morgan fingerprint density at radius 3 is 2.14 bits per heavy atom. The van der Waals surface area contributed by atoms with E-state index in [0.29, 0.717) is 5.92 Å². The lowest BCUT2D eigenvalue weighted by Gasteiger charge is -2.34. The number of ether oxygens (including phenoxy) is 1. The summed E-state index contributed by atoms with van der Waals surface area (Å²) in [6.07, 6.45) is 2.42. The third-order valence-electron chi connectivity index (χ3n) is 4.27. The molecule has 2 nitrogen and oxygen atoms in total. The first kappa shape index (κ1) is 14.5. The van der Waals surface area contributed by atoms with Gasteiger partial charge in [-0.1, -0.05) is 28.1 Å². The maximum atomic E-state index is 5.23. The molecule has 0 bridgehead atoms. The Labute approximate surface area is 134 Å². The van der Waals surface area contributed by atoms with Crippen molar-refractivity contribution in [3.05, 3.63) is 58.6 Å². The van der Waals surface area contributed by atoms with Gasteiger partial charge in [-0.2, -0.15) is 0 Å². The van der Waals surface area contributed by atoms with Gasteiger partial charge in [0.25, 0.3) is 0 Å². The molecule has 2 aromatic carbocycles. The summed E-state index contributed by atoms with van der Waals surface area (Å²) in [7, 11) is 1.71. The van der Waals surface area contributed by atoms with E-state index in [2.05, 4.69) is 69.4 Å². The summed E-state index contributed by atoms with van der Waals surface area (Å²) in [5, 5.41) is 0. The van der Waals surface area contributed by atoms with Crippen LogP contribution in [0.25, 0.3) is 0 Å². The number of methoxy groups -OCH3 is 1. The van der Waals surface area contributed by atoms with E-state index >= 15 is 0 Å². The summed E-state index contributed by atoms with van der Waals surface area (Å²) in [5.74, 6) is 1.61. The van der Waals surface area contributed by atoms with Crippen molar-refractivity contribution in [3.8, 4) is 5.75 Å². The standard InChI is InChI=1S/C18H20BrNO/c1-21-18-8-2-14(3-9-18)15-10-12-20(13-11-15)17-6-4-16(19)5-7-17/h2-9,15H,10-13H2,1H3. The van der Waals surface area contributed by atoms with Crippen LogP contribution in [-0.4, -0.2) is 20.2 Å². The summed E-state index contributed by atoms with van der Waals surface area (Å²) in [5.41, 5.74) is 2.76. The van der Waals surface area contributed by atoms with E-state index < -0.39 is 0 Å². The molecule has 0 atom stereocenters. The van der Waals surface area contributed by atoms with Crippen molar-refractivity contribution in [2.75, 3.05) is 25.1 Å². The largest absolute Gasteiger partial charge is 0.497 e. The molecule has 1 aliphatic heterocycles. The van der Waals surface area contributed by atoms with Crippen LogP contribution in [0.3, 0.4) is 0 Å². The first-order valence-electron chi connectivity index (χ1n) is 7.41. The fraction of sp³-hybridized carbons (Fsp3) is 0.333. The average molecular weight is 346 g/mol. The van der Waals surface area contributed by atoms with Crippen LogP contribution in [-0.2, 0) is 0 Å². The zero-order valence-electron chi connectivity index (χ0n) is 12.3. The minimum Gasteiger partial charge on any atom is -0.497 e. The van der Waals surface area contributed by atoms with Gasteiger partial charge in [-0.25, -0.2) is 0 Å². The Morgan fingerprint density at radius 1 is 0.952 bits per heavy atom. The molecule has 0 spiro atoms. The van der Waals surface area contributed by atoms with Crippen LogP contribution in [0, 0.1) is 0 Å². The molecule has 3 heteroatoms. The number of rotatable bonds is 3. The van der Waals surface area contributed by atoms with Crippen molar-refractivity contribution in [3.63, 3.8) is 0 Å². The Morgan fingerprint density at radius 2 is 1.57 bits per heavy atom. The number of hydrogen-bond acceptors (Lipinski definition) is 2. The number of nitrogens with zero attached hydrogens (tertiary/aromatic N) is 1. The van der Waals surface area contributed by atoms with Gasteiger partial charge in [0, 0.05) is 23.2 Å². The maximum absolute atomic E-state index is 5.23. The van der Waals surface area contributed by atoms with E-state index in [0.717, 1.165) is 23.3 Å². The summed E-state index contributed by atoms with van der Waals surface area (Å²) in [6.45, 7) is 2.25. The smallest absolute Gasteiger partial charge is 0.118 e. The Bertz CT molecular complexity index is 571. The lowest BCUT2D eigenvalue weighted by atomic mass is 9.89. The number of piperidine rings is 1. The van der Waals surface area contributed by atoms with Crippen LogP contribution < -0.4 is 9.64 Å². The topological polar surface area (TPSA) is 12.5 Å². The van der Waals surface area contributed by atoms with Gasteiger partial charge in [-0.05, 0) is 60.7 Å². The van der Waals surface area contributed by atoms with Gasteiger partial charge in [0.05, 0.1) is 7.11 Å². The zero-order chi connectivity index (χ0) is 14.7. The summed E-state index contributed by atoms with van der Waals surface area (Å²) >= 11 is 3.49. The third-order valence-corrected chi connectivity index (χ3v) is 4.80. The van der Waals surface area contributed by atoms with Crippen molar-refractivity contribution >= 4 is 21.6 Å². The number of anilines is 1. The first-order valence-corrected chi connectivity index (χ1v) is 8.20. The highest BCUT2D eigenvalue weighted by atomic mass is 79.9. The second-order valence-electron chi connectivity index (χ2n) is 5.51. The molecule has 0 N–H and O–H groups in total. The van der Waals surface area contributed by atoms with Crippen molar-refractivity contribution in [2.24, 2.45) is 0 Å². The normalized spacial score (nSPS) is 16.0. The molecule has 0 aromatic heterocycles. The molecular formula is C18H20BrNO. The Hall–Kier alpha value is -1.48. The number of halogens is 1. The quantitative estimate of drug-likeness (QED) is 0.788. The van der Waals surface area contributed by atoms with E-state index in [1.807, 2.05) is 0 Å². The van der Waals surface area contributed by atoms with Crippen LogP contribution >= 0.6 is 15.9 Å².